The zero-order chi connectivity index (χ0) is 22.5. The van der Waals surface area contributed by atoms with Crippen LogP contribution in [0.5, 0.6) is 0 Å². The normalized spacial score (nSPS) is 22.9. The van der Waals surface area contributed by atoms with Gasteiger partial charge in [0.2, 0.25) is 0 Å². The summed E-state index contributed by atoms with van der Waals surface area (Å²) in [5, 5.41) is 2.01. The van der Waals surface area contributed by atoms with E-state index in [0.717, 1.165) is 6.42 Å². The molecule has 0 amide bonds. The van der Waals surface area contributed by atoms with Crippen molar-refractivity contribution in [2.45, 2.75) is 67.7 Å². The van der Waals surface area contributed by atoms with Crippen LogP contribution in [0.2, 0.25) is 0 Å². The van der Waals surface area contributed by atoms with Crippen LogP contribution in [-0.2, 0) is 6.42 Å². The van der Waals surface area contributed by atoms with E-state index in [4.69, 9.17) is 0 Å². The molecule has 1 N–H and O–H groups in total. The number of fused-ring (bicyclic) bond motifs is 3. The van der Waals surface area contributed by atoms with Gasteiger partial charge in [-0.15, -0.1) is 23.1 Å². The van der Waals surface area contributed by atoms with Crippen LogP contribution in [0.1, 0.15) is 56.3 Å². The molecule has 1 aromatic carbocycles. The molecular weight excluding hydrogens is 437 g/mol. The molecule has 6 heteroatoms. The van der Waals surface area contributed by atoms with Gasteiger partial charge in [-0.3, -0.25) is 4.90 Å². The van der Waals surface area contributed by atoms with E-state index in [0.29, 0.717) is 11.8 Å². The third-order valence-electron chi connectivity index (χ3n) is 6.69. The number of hydrogen-bond acceptors (Lipinski definition) is 4. The van der Waals surface area contributed by atoms with Crippen LogP contribution in [0.15, 0.2) is 40.6 Å². The molecule has 32 heavy (non-hydrogen) atoms. The second-order valence-corrected chi connectivity index (χ2v) is 12.8. The molecule has 5 rings (SSSR count). The first-order chi connectivity index (χ1) is 15.3. The minimum atomic E-state index is -1.24. The van der Waals surface area contributed by atoms with Gasteiger partial charge in [0, 0.05) is 52.4 Å². The number of hydrogen-bond donors (Lipinski definition) is 1. The van der Waals surface area contributed by atoms with Crippen molar-refractivity contribution < 1.29 is 4.39 Å². The lowest BCUT2D eigenvalue weighted by molar-refractivity contribution is 0.0679. The van der Waals surface area contributed by atoms with Crippen molar-refractivity contribution in [2.24, 2.45) is 0 Å². The molecular formula is C26H34FN3S2. The van der Waals surface area contributed by atoms with Crippen LogP contribution in [0, 0.1) is 0 Å². The number of likely N-dealkylation sites (tertiary alicyclic amines) is 1. The van der Waals surface area contributed by atoms with Gasteiger partial charge in [-0.25, -0.2) is 4.39 Å². The number of aromatic amines is 1. The van der Waals surface area contributed by atoms with Crippen molar-refractivity contribution in [2.75, 3.05) is 26.2 Å². The lowest BCUT2D eigenvalue weighted by atomic mass is 9.90. The summed E-state index contributed by atoms with van der Waals surface area (Å²) in [6, 6.07) is 13.5. The van der Waals surface area contributed by atoms with E-state index in [1.54, 1.807) is 13.8 Å². The fourth-order valence-corrected chi connectivity index (χ4v) is 8.10. The highest BCUT2D eigenvalue weighted by molar-refractivity contribution is 8.01. The van der Waals surface area contributed by atoms with Crippen LogP contribution in [0.25, 0.3) is 10.9 Å². The second-order valence-electron chi connectivity index (χ2n) is 10.1. The summed E-state index contributed by atoms with van der Waals surface area (Å²) in [4.78, 5) is 9.96. The predicted molar refractivity (Wildman–Crippen MR) is 136 cm³/mol. The van der Waals surface area contributed by atoms with E-state index in [1.807, 2.05) is 23.1 Å². The monoisotopic (exact) mass is 471 g/mol. The van der Waals surface area contributed by atoms with Crippen molar-refractivity contribution in [1.82, 2.24) is 14.8 Å². The maximum atomic E-state index is 14.9. The number of thioether (sulfide) groups is 1. The Morgan fingerprint density at radius 1 is 1.19 bits per heavy atom. The Morgan fingerprint density at radius 2 is 1.97 bits per heavy atom. The average molecular weight is 472 g/mol. The lowest BCUT2D eigenvalue weighted by Crippen LogP contribution is -2.48. The standard InChI is InChI=1S/C26H34FN3S2/c1-5-12-29-14-18(15-29)31-23-11-10-22(32-23)25-24-20(19-8-6-7-9-21(19)28-24)13-17(2)30(25)16-26(3,4)27/h6-11,17-18,25,28H,5,12-16H2,1-4H3/t17-,25-/m1/s1. The molecule has 3 nitrogen and oxygen atoms in total. The second kappa shape index (κ2) is 8.79. The molecule has 0 saturated carbocycles. The van der Waals surface area contributed by atoms with Gasteiger partial charge < -0.3 is 9.88 Å². The van der Waals surface area contributed by atoms with Gasteiger partial charge in [-0.1, -0.05) is 25.1 Å². The van der Waals surface area contributed by atoms with E-state index in [-0.39, 0.29) is 12.1 Å². The number of nitrogens with one attached hydrogen (secondary N) is 1. The fourth-order valence-electron chi connectivity index (χ4n) is 5.30. The molecule has 0 aliphatic carbocycles. The summed E-state index contributed by atoms with van der Waals surface area (Å²) in [5.74, 6) is 0. The Kier molecular flexibility index (Phi) is 6.16. The fraction of sp³-hybridized carbons (Fsp3) is 0.538. The number of aromatic nitrogens is 1. The van der Waals surface area contributed by atoms with E-state index in [2.05, 4.69) is 65.0 Å². The number of alkyl halides is 1. The van der Waals surface area contributed by atoms with Gasteiger partial charge in [0.1, 0.15) is 5.67 Å². The summed E-state index contributed by atoms with van der Waals surface area (Å²) < 4.78 is 16.3. The first-order valence-corrected chi connectivity index (χ1v) is 13.5. The van der Waals surface area contributed by atoms with Gasteiger partial charge in [0.25, 0.3) is 0 Å². The zero-order valence-corrected chi connectivity index (χ0v) is 21.2. The summed E-state index contributed by atoms with van der Waals surface area (Å²) in [6.07, 6.45) is 2.18. The third kappa shape index (κ3) is 4.39. The molecule has 3 aromatic rings. The molecule has 1 fully saturated rings. The van der Waals surface area contributed by atoms with E-state index < -0.39 is 5.67 Å². The average Bonchev–Trinajstić information content (AvgIpc) is 3.30. The van der Waals surface area contributed by atoms with Gasteiger partial charge in [0.05, 0.1) is 10.3 Å². The SMILES string of the molecule is CCCN1CC(Sc2ccc([C@@H]3c4[nH]c5ccccc5c4C[C@@H](C)N3CC(C)(C)F)s2)C1. The van der Waals surface area contributed by atoms with E-state index in [9.17, 15) is 4.39 Å². The molecule has 0 bridgehead atoms. The molecule has 172 valence electrons. The molecule has 1 saturated heterocycles. The third-order valence-corrected chi connectivity index (χ3v) is 9.16. The Bertz CT molecular complexity index is 1080. The number of para-hydroxylation sites is 1. The maximum Gasteiger partial charge on any atom is 0.118 e. The minimum Gasteiger partial charge on any atom is -0.357 e. The molecule has 0 radical (unpaired) electrons. The largest absolute Gasteiger partial charge is 0.357 e. The highest BCUT2D eigenvalue weighted by Gasteiger charge is 2.39. The number of rotatable bonds is 7. The van der Waals surface area contributed by atoms with Crippen molar-refractivity contribution in [3.8, 4) is 0 Å². The van der Waals surface area contributed by atoms with Crippen molar-refractivity contribution in [3.63, 3.8) is 0 Å². The van der Waals surface area contributed by atoms with Crippen molar-refractivity contribution >= 4 is 34.0 Å². The summed E-state index contributed by atoms with van der Waals surface area (Å²) in [6.45, 7) is 11.9. The summed E-state index contributed by atoms with van der Waals surface area (Å²) >= 11 is 3.92. The number of H-pyrrole nitrogens is 1. The summed E-state index contributed by atoms with van der Waals surface area (Å²) in [7, 11) is 0. The Labute approximate surface area is 199 Å². The van der Waals surface area contributed by atoms with Crippen LogP contribution in [0.3, 0.4) is 0 Å². The minimum absolute atomic E-state index is 0.0773. The van der Waals surface area contributed by atoms with Crippen LogP contribution in [0.4, 0.5) is 4.39 Å². The van der Waals surface area contributed by atoms with Crippen LogP contribution >= 0.6 is 23.1 Å². The molecule has 2 aliphatic rings. The van der Waals surface area contributed by atoms with Crippen molar-refractivity contribution in [1.29, 1.82) is 0 Å². The van der Waals surface area contributed by atoms with Gasteiger partial charge in [-0.05, 0) is 63.9 Å². The number of nitrogens with zero attached hydrogens (tertiary/aromatic N) is 2. The Balaban J connectivity index is 1.46. The Morgan fingerprint density at radius 3 is 2.72 bits per heavy atom. The molecule has 2 aliphatic heterocycles. The predicted octanol–water partition coefficient (Wildman–Crippen LogP) is 6.50. The Hall–Kier alpha value is -1.34. The first kappa shape index (κ1) is 22.5. The van der Waals surface area contributed by atoms with Gasteiger partial charge in [-0.2, -0.15) is 0 Å². The van der Waals surface area contributed by atoms with Gasteiger partial charge >= 0.3 is 0 Å². The zero-order valence-electron chi connectivity index (χ0n) is 19.5. The molecule has 2 atom stereocenters. The van der Waals surface area contributed by atoms with Crippen molar-refractivity contribution in [3.05, 3.63) is 52.5 Å². The number of benzene rings is 1. The quantitative estimate of drug-likeness (QED) is 0.425. The topological polar surface area (TPSA) is 22.3 Å². The van der Waals surface area contributed by atoms with E-state index >= 15 is 0 Å². The highest BCUT2D eigenvalue weighted by Crippen LogP contribution is 2.45. The maximum absolute atomic E-state index is 14.9. The molecule has 4 heterocycles. The summed E-state index contributed by atoms with van der Waals surface area (Å²) in [5.41, 5.74) is 2.61. The molecule has 0 unspecified atom stereocenters. The van der Waals surface area contributed by atoms with Gasteiger partial charge in [0.15, 0.2) is 0 Å². The number of thiophene rings is 1. The lowest BCUT2D eigenvalue weighted by Gasteiger charge is -2.42. The van der Waals surface area contributed by atoms with Crippen LogP contribution < -0.4 is 0 Å². The molecule has 0 spiro atoms. The smallest absolute Gasteiger partial charge is 0.118 e. The van der Waals surface area contributed by atoms with E-state index in [1.165, 1.54) is 57.3 Å². The number of halogens is 1. The highest BCUT2D eigenvalue weighted by atomic mass is 32.2. The van der Waals surface area contributed by atoms with Crippen LogP contribution in [-0.4, -0.2) is 57.9 Å². The molecule has 2 aromatic heterocycles. The first-order valence-electron chi connectivity index (χ1n) is 11.9.